The number of rotatable bonds is 5. The summed E-state index contributed by atoms with van der Waals surface area (Å²) in [5.41, 5.74) is -1.31. The lowest BCUT2D eigenvalue weighted by Crippen LogP contribution is -2.38. The second kappa shape index (κ2) is 11.1. The highest BCUT2D eigenvalue weighted by Gasteiger charge is 2.57. The number of carbonyl (C=O) groups is 3. The second-order valence-corrected chi connectivity index (χ2v) is 12.8. The summed E-state index contributed by atoms with van der Waals surface area (Å²) in [6.45, 7) is 0.982. The number of hydrogen-bond acceptors (Lipinski definition) is 7. The maximum absolute atomic E-state index is 14.0. The Balaban J connectivity index is 1.41. The average molecular weight is 638 g/mol. The van der Waals surface area contributed by atoms with E-state index in [2.05, 4.69) is 4.98 Å². The van der Waals surface area contributed by atoms with Gasteiger partial charge in [-0.05, 0) is 49.6 Å². The lowest BCUT2D eigenvalue weighted by atomic mass is 9.82. The van der Waals surface area contributed by atoms with Crippen LogP contribution in [0.25, 0.3) is 0 Å². The van der Waals surface area contributed by atoms with Crippen LogP contribution in [0.2, 0.25) is 5.02 Å². The monoisotopic (exact) mass is 637 g/mol. The molecule has 0 saturated carbocycles. The Hall–Kier alpha value is -3.29. The molecule has 1 aromatic heterocycles. The number of para-hydroxylation sites is 1. The van der Waals surface area contributed by atoms with E-state index >= 15 is 0 Å². The third-order valence-corrected chi connectivity index (χ3v) is 10.3. The summed E-state index contributed by atoms with van der Waals surface area (Å²) in [5.74, 6) is -3.75. The molecule has 3 aliphatic heterocycles. The molecule has 0 spiro atoms. The van der Waals surface area contributed by atoms with Crippen LogP contribution in [0, 0.1) is 5.92 Å². The van der Waals surface area contributed by atoms with Gasteiger partial charge in [0, 0.05) is 34.5 Å². The Labute approximate surface area is 250 Å². The molecule has 2 saturated heterocycles. The van der Waals surface area contributed by atoms with Gasteiger partial charge in [0.1, 0.15) is 11.0 Å². The highest BCUT2D eigenvalue weighted by atomic mass is 35.5. The molecule has 3 aromatic rings. The largest absolute Gasteiger partial charge is 0.483 e. The van der Waals surface area contributed by atoms with Gasteiger partial charge in [0.25, 0.3) is 5.91 Å². The maximum atomic E-state index is 14.0. The standard InChI is InChI=1S/C28H23ClF3N3O5S2/c29-14-8-9-18(40-13-19(36)34-10-4-1-5-11-34)15(12-14)20-21-23(41-24-22(20)42-27(39)33-24)26(38)35(25(21)37)17-7-3-2-6-16(17)28(30,31)32/h2-3,6-9,12,20-21,23H,1,4-5,10-11,13H2,(H,33,39). The number of fused-ring (bicyclic) bond motifs is 2. The van der Waals surface area contributed by atoms with Crippen molar-refractivity contribution in [2.24, 2.45) is 5.92 Å². The second-order valence-electron chi connectivity index (χ2n) is 10.2. The van der Waals surface area contributed by atoms with Crippen molar-refractivity contribution >= 4 is 58.1 Å². The molecule has 14 heteroatoms. The fourth-order valence-electron chi connectivity index (χ4n) is 5.77. The van der Waals surface area contributed by atoms with Crippen molar-refractivity contribution in [1.82, 2.24) is 9.88 Å². The SMILES string of the molecule is O=C(COc1ccc(Cl)cc1C1c2sc(=O)[nH]c2SC2C(=O)N(c3ccccc3C(F)(F)F)C(=O)C21)N1CCCCC1. The Morgan fingerprint density at radius 2 is 1.79 bits per heavy atom. The summed E-state index contributed by atoms with van der Waals surface area (Å²) in [5, 5.41) is -0.503. The van der Waals surface area contributed by atoms with E-state index in [1.807, 2.05) is 0 Å². The number of H-pyrrole nitrogens is 1. The number of imide groups is 1. The summed E-state index contributed by atoms with van der Waals surface area (Å²) in [4.78, 5) is 58.0. The van der Waals surface area contributed by atoms with E-state index in [4.69, 9.17) is 16.3 Å². The van der Waals surface area contributed by atoms with E-state index in [0.29, 0.717) is 33.5 Å². The van der Waals surface area contributed by atoms with Gasteiger partial charge in [-0.1, -0.05) is 46.8 Å². The summed E-state index contributed by atoms with van der Waals surface area (Å²) in [7, 11) is 0. The minimum atomic E-state index is -4.81. The molecule has 3 unspecified atom stereocenters. The van der Waals surface area contributed by atoms with Gasteiger partial charge in [0.15, 0.2) is 6.61 Å². The van der Waals surface area contributed by atoms with Crippen LogP contribution in [-0.4, -0.2) is 52.6 Å². The quantitative estimate of drug-likeness (QED) is 0.382. The number of thiazole rings is 1. The number of thioether (sulfide) groups is 1. The van der Waals surface area contributed by atoms with Crippen molar-refractivity contribution in [2.45, 2.75) is 41.6 Å². The predicted octanol–water partition coefficient (Wildman–Crippen LogP) is 5.30. The number of nitrogens with zero attached hydrogens (tertiary/aromatic N) is 2. The first-order valence-electron chi connectivity index (χ1n) is 13.2. The topological polar surface area (TPSA) is 99.8 Å². The average Bonchev–Trinajstić information content (AvgIpc) is 3.46. The molecule has 220 valence electrons. The van der Waals surface area contributed by atoms with Gasteiger partial charge in [-0.25, -0.2) is 4.90 Å². The predicted molar refractivity (Wildman–Crippen MR) is 151 cm³/mol. The van der Waals surface area contributed by atoms with Crippen molar-refractivity contribution in [2.75, 3.05) is 24.6 Å². The minimum Gasteiger partial charge on any atom is -0.483 e. The maximum Gasteiger partial charge on any atom is 0.418 e. The van der Waals surface area contributed by atoms with Gasteiger partial charge in [0.05, 0.1) is 22.2 Å². The molecule has 3 aliphatic rings. The molecule has 0 aliphatic carbocycles. The number of ether oxygens (including phenoxy) is 1. The number of piperidine rings is 1. The molecule has 0 bridgehead atoms. The molecule has 0 radical (unpaired) electrons. The molecule has 8 nitrogen and oxygen atoms in total. The summed E-state index contributed by atoms with van der Waals surface area (Å²) in [6, 6.07) is 9.06. The number of likely N-dealkylation sites (tertiary alicyclic amines) is 1. The lowest BCUT2D eigenvalue weighted by Gasteiger charge is -2.31. The van der Waals surface area contributed by atoms with Crippen LogP contribution >= 0.6 is 34.7 Å². The van der Waals surface area contributed by atoms with Crippen molar-refractivity contribution in [3.05, 3.63) is 73.2 Å². The number of nitrogens with one attached hydrogen (secondary N) is 1. The molecule has 1 N–H and O–H groups in total. The number of alkyl halides is 3. The fraction of sp³-hybridized carbons (Fsp3) is 0.357. The Morgan fingerprint density at radius 3 is 2.52 bits per heavy atom. The highest BCUT2D eigenvalue weighted by molar-refractivity contribution is 8.00. The Morgan fingerprint density at radius 1 is 1.05 bits per heavy atom. The molecule has 6 rings (SSSR count). The number of aromatic amines is 1. The summed E-state index contributed by atoms with van der Waals surface area (Å²) < 4.78 is 47.7. The van der Waals surface area contributed by atoms with Crippen LogP contribution in [0.3, 0.4) is 0 Å². The van der Waals surface area contributed by atoms with Gasteiger partial charge in [-0.15, -0.1) is 0 Å². The van der Waals surface area contributed by atoms with Crippen LogP contribution < -0.4 is 14.5 Å². The zero-order valence-corrected chi connectivity index (χ0v) is 24.2. The van der Waals surface area contributed by atoms with E-state index in [9.17, 15) is 32.3 Å². The first-order valence-corrected chi connectivity index (χ1v) is 15.3. The zero-order valence-electron chi connectivity index (χ0n) is 21.8. The van der Waals surface area contributed by atoms with Crippen molar-refractivity contribution in [1.29, 1.82) is 0 Å². The zero-order chi connectivity index (χ0) is 29.8. The first-order chi connectivity index (χ1) is 20.0. The van der Waals surface area contributed by atoms with E-state index in [-0.39, 0.29) is 23.3 Å². The number of anilines is 1. The lowest BCUT2D eigenvalue weighted by molar-refractivity contribution is -0.137. The molecule has 42 heavy (non-hydrogen) atoms. The Bertz CT molecular complexity index is 1640. The normalized spacial score (nSPS) is 22.2. The van der Waals surface area contributed by atoms with Crippen LogP contribution in [0.5, 0.6) is 5.75 Å². The van der Waals surface area contributed by atoms with Crippen molar-refractivity contribution < 1.29 is 32.3 Å². The minimum absolute atomic E-state index is 0.207. The van der Waals surface area contributed by atoms with Gasteiger partial charge < -0.3 is 14.6 Å². The number of carbonyl (C=O) groups excluding carboxylic acids is 3. The van der Waals surface area contributed by atoms with Crippen molar-refractivity contribution in [3.8, 4) is 5.75 Å². The van der Waals surface area contributed by atoms with Crippen molar-refractivity contribution in [3.63, 3.8) is 0 Å². The van der Waals surface area contributed by atoms with Gasteiger partial charge >= 0.3 is 11.0 Å². The summed E-state index contributed by atoms with van der Waals surface area (Å²) in [6.07, 6.45) is -1.95. The van der Waals surface area contributed by atoms with Crippen LogP contribution in [0.4, 0.5) is 18.9 Å². The molecule has 2 aromatic carbocycles. The van der Waals surface area contributed by atoms with Gasteiger partial charge in [-0.2, -0.15) is 13.2 Å². The van der Waals surface area contributed by atoms with Gasteiger partial charge in [0.2, 0.25) is 11.8 Å². The number of hydrogen-bond donors (Lipinski definition) is 1. The molecule has 3 atom stereocenters. The molecular formula is C28H23ClF3N3O5S2. The number of aromatic nitrogens is 1. The molecule has 4 heterocycles. The van der Waals surface area contributed by atoms with E-state index < -0.39 is 51.2 Å². The third-order valence-electron chi connectivity index (χ3n) is 7.64. The van der Waals surface area contributed by atoms with Gasteiger partial charge in [-0.3, -0.25) is 19.2 Å². The van der Waals surface area contributed by atoms with E-state index in [1.54, 1.807) is 17.0 Å². The van der Waals surface area contributed by atoms with E-state index in [0.717, 1.165) is 54.5 Å². The van der Waals surface area contributed by atoms with Crippen LogP contribution in [0.15, 0.2) is 52.3 Å². The number of amides is 3. The molecule has 2 fully saturated rings. The molecule has 3 amide bonds. The van der Waals surface area contributed by atoms with Crippen LogP contribution in [-0.2, 0) is 20.6 Å². The number of halogens is 4. The highest BCUT2D eigenvalue weighted by Crippen LogP contribution is 2.55. The van der Waals surface area contributed by atoms with Crippen LogP contribution in [0.1, 0.15) is 41.2 Å². The first kappa shape index (κ1) is 28.8. The smallest absolute Gasteiger partial charge is 0.418 e. The molecular weight excluding hydrogens is 615 g/mol. The Kier molecular flexibility index (Phi) is 7.60. The summed E-state index contributed by atoms with van der Waals surface area (Å²) >= 11 is 8.16. The number of benzene rings is 2. The third kappa shape index (κ3) is 5.11. The fourth-order valence-corrected chi connectivity index (χ4v) is 8.45. The van der Waals surface area contributed by atoms with E-state index in [1.165, 1.54) is 18.2 Å².